The number of hydrogen-bond donors (Lipinski definition) is 1. The van der Waals surface area contributed by atoms with Crippen molar-refractivity contribution in [1.82, 2.24) is 10.2 Å². The van der Waals surface area contributed by atoms with Gasteiger partial charge >= 0.3 is 0 Å². The van der Waals surface area contributed by atoms with Crippen molar-refractivity contribution in [1.29, 1.82) is 0 Å². The molecule has 1 heterocycles. The monoisotopic (exact) mass is 293 g/mol. The van der Waals surface area contributed by atoms with Gasteiger partial charge in [-0.2, -0.15) is 0 Å². The highest BCUT2D eigenvalue weighted by Crippen LogP contribution is 2.25. The Balaban J connectivity index is 1.80. The first-order valence-corrected chi connectivity index (χ1v) is 7.36. The van der Waals surface area contributed by atoms with Crippen molar-refractivity contribution < 1.29 is 4.42 Å². The molecule has 3 aromatic rings. The third kappa shape index (κ3) is 2.86. The van der Waals surface area contributed by atoms with Crippen LogP contribution in [0.15, 0.2) is 52.9 Å². The van der Waals surface area contributed by atoms with Crippen molar-refractivity contribution in [3.8, 4) is 11.5 Å². The molecule has 0 fully saturated rings. The Hall–Kier alpha value is -2.62. The molecular weight excluding hydrogens is 274 g/mol. The molecular formula is C18H19N3O. The Kier molecular flexibility index (Phi) is 3.92. The molecule has 1 atom stereocenters. The summed E-state index contributed by atoms with van der Waals surface area (Å²) in [6.45, 7) is 6.23. The van der Waals surface area contributed by atoms with Crippen LogP contribution in [0.2, 0.25) is 0 Å². The molecule has 2 aromatic carbocycles. The number of rotatable bonds is 4. The zero-order valence-corrected chi connectivity index (χ0v) is 13.0. The van der Waals surface area contributed by atoms with Crippen molar-refractivity contribution in [3.05, 3.63) is 65.5 Å². The van der Waals surface area contributed by atoms with Gasteiger partial charge in [0.2, 0.25) is 11.8 Å². The molecule has 0 saturated heterocycles. The van der Waals surface area contributed by atoms with E-state index in [1.807, 2.05) is 43.3 Å². The highest BCUT2D eigenvalue weighted by Gasteiger charge is 2.15. The Morgan fingerprint density at radius 1 is 0.955 bits per heavy atom. The lowest BCUT2D eigenvalue weighted by atomic mass is 10.1. The van der Waals surface area contributed by atoms with Gasteiger partial charge in [-0.1, -0.05) is 30.3 Å². The quantitative estimate of drug-likeness (QED) is 0.768. The molecule has 3 rings (SSSR count). The summed E-state index contributed by atoms with van der Waals surface area (Å²) in [5.41, 5.74) is 4.51. The highest BCUT2D eigenvalue weighted by molar-refractivity contribution is 5.55. The molecule has 1 aromatic heterocycles. The second kappa shape index (κ2) is 6.02. The topological polar surface area (TPSA) is 51.0 Å². The lowest BCUT2D eigenvalue weighted by Crippen LogP contribution is -2.08. The molecule has 0 aliphatic carbocycles. The van der Waals surface area contributed by atoms with E-state index in [1.165, 1.54) is 11.1 Å². The zero-order chi connectivity index (χ0) is 15.5. The molecule has 0 aliphatic rings. The first-order valence-electron chi connectivity index (χ1n) is 7.36. The summed E-state index contributed by atoms with van der Waals surface area (Å²) in [6, 6.07) is 15.9. The molecule has 4 heteroatoms. The molecule has 22 heavy (non-hydrogen) atoms. The third-order valence-electron chi connectivity index (χ3n) is 3.81. The molecule has 0 spiro atoms. The third-order valence-corrected chi connectivity index (χ3v) is 3.81. The number of aryl methyl sites for hydroxylation is 1. The lowest BCUT2D eigenvalue weighted by molar-refractivity contribution is 0.485. The Bertz CT molecular complexity index is 765. The van der Waals surface area contributed by atoms with Gasteiger partial charge in [0, 0.05) is 11.3 Å². The first kappa shape index (κ1) is 14.3. The second-order valence-corrected chi connectivity index (χ2v) is 5.42. The van der Waals surface area contributed by atoms with Crippen LogP contribution < -0.4 is 5.32 Å². The number of nitrogens with one attached hydrogen (secondary N) is 1. The van der Waals surface area contributed by atoms with Crippen molar-refractivity contribution >= 4 is 5.69 Å². The molecule has 0 radical (unpaired) electrons. The van der Waals surface area contributed by atoms with E-state index in [4.69, 9.17) is 4.42 Å². The van der Waals surface area contributed by atoms with Crippen LogP contribution in [-0.4, -0.2) is 10.2 Å². The van der Waals surface area contributed by atoms with Gasteiger partial charge in [-0.05, 0) is 50.1 Å². The summed E-state index contributed by atoms with van der Waals surface area (Å²) in [5, 5.41) is 11.7. The Morgan fingerprint density at radius 2 is 1.73 bits per heavy atom. The summed E-state index contributed by atoms with van der Waals surface area (Å²) < 4.78 is 5.79. The fourth-order valence-electron chi connectivity index (χ4n) is 2.31. The van der Waals surface area contributed by atoms with E-state index in [2.05, 4.69) is 41.5 Å². The van der Waals surface area contributed by atoms with Crippen LogP contribution in [0.25, 0.3) is 11.5 Å². The van der Waals surface area contributed by atoms with Gasteiger partial charge in [0.05, 0.1) is 0 Å². The molecule has 0 aliphatic heterocycles. The molecule has 1 N–H and O–H groups in total. The van der Waals surface area contributed by atoms with Gasteiger partial charge in [-0.25, -0.2) is 0 Å². The smallest absolute Gasteiger partial charge is 0.247 e. The zero-order valence-electron chi connectivity index (χ0n) is 13.0. The second-order valence-electron chi connectivity index (χ2n) is 5.42. The number of anilines is 1. The minimum atomic E-state index is -0.0505. The average Bonchev–Trinajstić information content (AvgIpc) is 3.03. The van der Waals surface area contributed by atoms with Crippen molar-refractivity contribution in [2.24, 2.45) is 0 Å². The maximum atomic E-state index is 5.79. The van der Waals surface area contributed by atoms with Gasteiger partial charge in [0.15, 0.2) is 0 Å². The van der Waals surface area contributed by atoms with Crippen molar-refractivity contribution in [2.75, 3.05) is 5.32 Å². The van der Waals surface area contributed by atoms with Crippen LogP contribution in [0.3, 0.4) is 0 Å². The predicted molar refractivity (Wildman–Crippen MR) is 87.7 cm³/mol. The van der Waals surface area contributed by atoms with Gasteiger partial charge in [0.25, 0.3) is 0 Å². The lowest BCUT2D eigenvalue weighted by Gasteiger charge is -2.15. The maximum absolute atomic E-state index is 5.79. The van der Waals surface area contributed by atoms with Crippen LogP contribution in [-0.2, 0) is 0 Å². The largest absolute Gasteiger partial charge is 0.418 e. The van der Waals surface area contributed by atoms with E-state index < -0.39 is 0 Å². The molecule has 112 valence electrons. The number of benzene rings is 2. The summed E-state index contributed by atoms with van der Waals surface area (Å²) in [7, 11) is 0. The van der Waals surface area contributed by atoms with Crippen LogP contribution >= 0.6 is 0 Å². The molecule has 0 amide bonds. The number of nitrogens with zero attached hydrogens (tertiary/aromatic N) is 2. The van der Waals surface area contributed by atoms with E-state index in [9.17, 15) is 0 Å². The number of hydrogen-bond acceptors (Lipinski definition) is 4. The van der Waals surface area contributed by atoms with Gasteiger partial charge in [-0.3, -0.25) is 0 Å². The Morgan fingerprint density at radius 3 is 2.50 bits per heavy atom. The molecule has 0 bridgehead atoms. The SMILES string of the molecule is Cc1cccc(N[C@H](C)c2nnc(-c3ccccc3)o2)c1C. The maximum Gasteiger partial charge on any atom is 0.247 e. The molecule has 0 unspecified atom stereocenters. The minimum absolute atomic E-state index is 0.0505. The fraction of sp³-hybridized carbons (Fsp3) is 0.222. The van der Waals surface area contributed by atoms with E-state index in [0.717, 1.165) is 11.3 Å². The van der Waals surface area contributed by atoms with Gasteiger partial charge in [-0.15, -0.1) is 10.2 Å². The average molecular weight is 293 g/mol. The van der Waals surface area contributed by atoms with E-state index in [1.54, 1.807) is 0 Å². The van der Waals surface area contributed by atoms with Crippen LogP contribution in [0, 0.1) is 13.8 Å². The van der Waals surface area contributed by atoms with Gasteiger partial charge < -0.3 is 9.73 Å². The highest BCUT2D eigenvalue weighted by atomic mass is 16.4. The standard InChI is InChI=1S/C18H19N3O/c1-12-8-7-11-16(13(12)2)19-14(3)17-20-21-18(22-17)15-9-5-4-6-10-15/h4-11,14,19H,1-3H3/t14-/m1/s1. The van der Waals surface area contributed by atoms with Crippen LogP contribution in [0.5, 0.6) is 0 Å². The Labute approximate surface area is 130 Å². The molecule has 4 nitrogen and oxygen atoms in total. The number of aromatic nitrogens is 2. The van der Waals surface area contributed by atoms with Crippen molar-refractivity contribution in [3.63, 3.8) is 0 Å². The summed E-state index contributed by atoms with van der Waals surface area (Å²) in [6.07, 6.45) is 0. The predicted octanol–water partition coefficient (Wildman–Crippen LogP) is 4.53. The summed E-state index contributed by atoms with van der Waals surface area (Å²) in [5.74, 6) is 1.13. The van der Waals surface area contributed by atoms with Gasteiger partial charge in [0.1, 0.15) is 6.04 Å². The molecule has 0 saturated carbocycles. The van der Waals surface area contributed by atoms with Crippen LogP contribution in [0.1, 0.15) is 30.0 Å². The first-order chi connectivity index (χ1) is 10.6. The van der Waals surface area contributed by atoms with E-state index in [0.29, 0.717) is 11.8 Å². The minimum Gasteiger partial charge on any atom is -0.418 e. The van der Waals surface area contributed by atoms with E-state index >= 15 is 0 Å². The normalized spacial score (nSPS) is 12.1. The van der Waals surface area contributed by atoms with E-state index in [-0.39, 0.29) is 6.04 Å². The fourth-order valence-corrected chi connectivity index (χ4v) is 2.31. The van der Waals surface area contributed by atoms with Crippen molar-refractivity contribution in [2.45, 2.75) is 26.8 Å². The summed E-state index contributed by atoms with van der Waals surface area (Å²) in [4.78, 5) is 0. The van der Waals surface area contributed by atoms with Crippen LogP contribution in [0.4, 0.5) is 5.69 Å². The summed E-state index contributed by atoms with van der Waals surface area (Å²) >= 11 is 0.